The van der Waals surface area contributed by atoms with Gasteiger partial charge in [0.2, 0.25) is 5.91 Å². The maximum atomic E-state index is 13.7. The smallest absolute Gasteiger partial charge is 0.264 e. The number of halogens is 1. The molecule has 39 heavy (non-hydrogen) atoms. The normalized spacial score (nSPS) is 11.6. The molecule has 0 fully saturated rings. The highest BCUT2D eigenvalue weighted by Gasteiger charge is 2.27. The van der Waals surface area contributed by atoms with Crippen molar-refractivity contribution >= 4 is 65.0 Å². The van der Waals surface area contributed by atoms with Gasteiger partial charge >= 0.3 is 0 Å². The van der Waals surface area contributed by atoms with Gasteiger partial charge in [-0.1, -0.05) is 34.1 Å². The molecule has 5 rings (SSSR count). The zero-order chi connectivity index (χ0) is 27.6. The van der Waals surface area contributed by atoms with Crippen LogP contribution in [0, 0.1) is 0 Å². The number of nitrogens with one attached hydrogen (secondary N) is 1. The maximum absolute atomic E-state index is 13.7. The molecule has 0 aliphatic heterocycles. The number of ether oxygens (including phenoxy) is 1. The first kappa shape index (κ1) is 26.8. The molecule has 0 spiro atoms. The highest BCUT2D eigenvalue weighted by molar-refractivity contribution is 9.10. The van der Waals surface area contributed by atoms with E-state index >= 15 is 0 Å². The first-order valence-electron chi connectivity index (χ1n) is 12.6. The van der Waals surface area contributed by atoms with Crippen LogP contribution < -0.4 is 14.4 Å². The summed E-state index contributed by atoms with van der Waals surface area (Å²) in [6, 6.07) is 26.9. The van der Waals surface area contributed by atoms with Crippen molar-refractivity contribution in [2.45, 2.75) is 25.3 Å². The quantitative estimate of drug-likeness (QED) is 0.200. The summed E-state index contributed by atoms with van der Waals surface area (Å²) in [5.74, 6) is 0.161. The standard InChI is InChI=1S/C30H28BrN3O4S/c1-3-33-28-8-6-5-7-26(28)27-19-22(11-18-29(27)33)32-30(35)20-34(23-12-14-24(15-13-23)38-4-2)39(36,37)25-16-9-21(31)10-17-25/h5-19H,3-4,20H2,1-2H3,(H,32,35). The Hall–Kier alpha value is -3.82. The van der Waals surface area contributed by atoms with Crippen LogP contribution in [0.5, 0.6) is 5.75 Å². The number of carbonyl (C=O) groups is 1. The lowest BCUT2D eigenvalue weighted by Crippen LogP contribution is -2.38. The second-order valence-electron chi connectivity index (χ2n) is 8.93. The number of anilines is 2. The average Bonchev–Trinajstić information content (AvgIpc) is 3.25. The zero-order valence-corrected chi connectivity index (χ0v) is 24.0. The summed E-state index contributed by atoms with van der Waals surface area (Å²) in [4.78, 5) is 13.4. The molecule has 0 bridgehead atoms. The Morgan fingerprint density at radius 1 is 0.897 bits per heavy atom. The van der Waals surface area contributed by atoms with Crippen LogP contribution in [-0.4, -0.2) is 32.0 Å². The largest absolute Gasteiger partial charge is 0.494 e. The minimum atomic E-state index is -4.04. The number of amides is 1. The van der Waals surface area contributed by atoms with Gasteiger partial charge < -0.3 is 14.6 Å². The van der Waals surface area contributed by atoms with E-state index in [0.29, 0.717) is 23.7 Å². The van der Waals surface area contributed by atoms with Gasteiger partial charge in [-0.15, -0.1) is 0 Å². The van der Waals surface area contributed by atoms with Crippen LogP contribution in [0.2, 0.25) is 0 Å². The number of para-hydroxylation sites is 1. The summed E-state index contributed by atoms with van der Waals surface area (Å²) in [5, 5.41) is 5.02. The molecule has 5 aromatic rings. The fourth-order valence-corrected chi connectivity index (χ4v) is 6.41. The van der Waals surface area contributed by atoms with Crippen molar-refractivity contribution in [2.24, 2.45) is 0 Å². The van der Waals surface area contributed by atoms with E-state index in [2.05, 4.69) is 44.9 Å². The molecular weight excluding hydrogens is 578 g/mol. The molecule has 1 N–H and O–H groups in total. The lowest BCUT2D eigenvalue weighted by Gasteiger charge is -2.24. The molecule has 4 aromatic carbocycles. The van der Waals surface area contributed by atoms with Gasteiger partial charge in [-0.2, -0.15) is 0 Å². The summed E-state index contributed by atoms with van der Waals surface area (Å²) >= 11 is 3.34. The number of aryl methyl sites for hydroxylation is 1. The van der Waals surface area contributed by atoms with E-state index in [-0.39, 0.29) is 4.90 Å². The van der Waals surface area contributed by atoms with Crippen LogP contribution in [0.15, 0.2) is 100 Å². The highest BCUT2D eigenvalue weighted by Crippen LogP contribution is 2.31. The van der Waals surface area contributed by atoms with Crippen LogP contribution in [0.3, 0.4) is 0 Å². The first-order valence-corrected chi connectivity index (χ1v) is 14.9. The molecule has 0 radical (unpaired) electrons. The third-order valence-corrected chi connectivity index (χ3v) is 8.81. The van der Waals surface area contributed by atoms with Crippen molar-refractivity contribution in [2.75, 3.05) is 22.8 Å². The van der Waals surface area contributed by atoms with Crippen molar-refractivity contribution in [3.63, 3.8) is 0 Å². The van der Waals surface area contributed by atoms with Gasteiger partial charge in [0, 0.05) is 38.5 Å². The third-order valence-electron chi connectivity index (χ3n) is 6.50. The predicted molar refractivity (Wildman–Crippen MR) is 160 cm³/mol. The molecule has 0 saturated carbocycles. The van der Waals surface area contributed by atoms with E-state index in [4.69, 9.17) is 4.74 Å². The van der Waals surface area contributed by atoms with Gasteiger partial charge in [-0.3, -0.25) is 9.10 Å². The van der Waals surface area contributed by atoms with Crippen LogP contribution >= 0.6 is 15.9 Å². The highest BCUT2D eigenvalue weighted by atomic mass is 79.9. The summed E-state index contributed by atoms with van der Waals surface area (Å²) in [6.07, 6.45) is 0. The van der Waals surface area contributed by atoms with Crippen molar-refractivity contribution in [3.05, 3.63) is 95.5 Å². The summed E-state index contributed by atoms with van der Waals surface area (Å²) in [5.41, 5.74) is 3.16. The number of hydrogen-bond acceptors (Lipinski definition) is 4. The Balaban J connectivity index is 1.47. The number of benzene rings is 4. The summed E-state index contributed by atoms with van der Waals surface area (Å²) in [6.45, 7) is 4.88. The fraction of sp³-hybridized carbons (Fsp3) is 0.167. The molecular formula is C30H28BrN3O4S. The number of nitrogens with zero attached hydrogens (tertiary/aromatic N) is 2. The second kappa shape index (κ2) is 11.1. The fourth-order valence-electron chi connectivity index (χ4n) is 4.73. The topological polar surface area (TPSA) is 80.6 Å². The molecule has 0 saturated heterocycles. The summed E-state index contributed by atoms with van der Waals surface area (Å²) < 4.78 is 37.0. The van der Waals surface area contributed by atoms with Crippen LogP contribution in [0.25, 0.3) is 21.8 Å². The Morgan fingerprint density at radius 2 is 1.59 bits per heavy atom. The predicted octanol–water partition coefficient (Wildman–Crippen LogP) is 6.81. The minimum absolute atomic E-state index is 0.0844. The van der Waals surface area contributed by atoms with E-state index in [1.165, 1.54) is 12.1 Å². The minimum Gasteiger partial charge on any atom is -0.494 e. The Morgan fingerprint density at radius 3 is 2.28 bits per heavy atom. The van der Waals surface area contributed by atoms with E-state index in [9.17, 15) is 13.2 Å². The molecule has 0 aliphatic rings. The van der Waals surface area contributed by atoms with Crippen LogP contribution in [0.1, 0.15) is 13.8 Å². The van der Waals surface area contributed by atoms with Gasteiger partial charge in [0.05, 0.1) is 17.2 Å². The van der Waals surface area contributed by atoms with Crippen molar-refractivity contribution < 1.29 is 17.9 Å². The Bertz CT molecular complexity index is 1750. The Kier molecular flexibility index (Phi) is 7.63. The maximum Gasteiger partial charge on any atom is 0.264 e. The van der Waals surface area contributed by atoms with Gasteiger partial charge in [0.25, 0.3) is 10.0 Å². The Labute approximate surface area is 236 Å². The van der Waals surface area contributed by atoms with Crippen LogP contribution in [-0.2, 0) is 21.4 Å². The molecule has 9 heteroatoms. The second-order valence-corrected chi connectivity index (χ2v) is 11.7. The van der Waals surface area contributed by atoms with Gasteiger partial charge in [-0.05, 0) is 86.6 Å². The lowest BCUT2D eigenvalue weighted by molar-refractivity contribution is -0.114. The van der Waals surface area contributed by atoms with Gasteiger partial charge in [-0.25, -0.2) is 8.42 Å². The zero-order valence-electron chi connectivity index (χ0n) is 21.6. The molecule has 0 unspecified atom stereocenters. The number of hydrogen-bond donors (Lipinski definition) is 1. The lowest BCUT2D eigenvalue weighted by atomic mass is 10.1. The number of fused-ring (bicyclic) bond motifs is 3. The third kappa shape index (κ3) is 5.37. The molecule has 7 nitrogen and oxygen atoms in total. The van der Waals surface area contributed by atoms with E-state index in [1.54, 1.807) is 36.4 Å². The first-order chi connectivity index (χ1) is 18.8. The number of rotatable bonds is 9. The summed E-state index contributed by atoms with van der Waals surface area (Å²) in [7, 11) is -4.04. The molecule has 1 heterocycles. The SMILES string of the molecule is CCOc1ccc(N(CC(=O)Nc2ccc3c(c2)c2ccccc2n3CC)S(=O)(=O)c2ccc(Br)cc2)cc1. The molecule has 0 atom stereocenters. The van der Waals surface area contributed by atoms with Crippen molar-refractivity contribution in [3.8, 4) is 5.75 Å². The number of sulfonamides is 1. The van der Waals surface area contributed by atoms with Gasteiger partial charge in [0.1, 0.15) is 12.3 Å². The molecule has 1 amide bonds. The van der Waals surface area contributed by atoms with Crippen molar-refractivity contribution in [1.82, 2.24) is 4.57 Å². The monoisotopic (exact) mass is 605 g/mol. The molecule has 200 valence electrons. The van der Waals surface area contributed by atoms with Gasteiger partial charge in [0.15, 0.2) is 0 Å². The van der Waals surface area contributed by atoms with E-state index in [0.717, 1.165) is 37.1 Å². The van der Waals surface area contributed by atoms with E-state index in [1.807, 2.05) is 37.3 Å². The van der Waals surface area contributed by atoms with E-state index < -0.39 is 22.5 Å². The van der Waals surface area contributed by atoms with Crippen LogP contribution in [0.4, 0.5) is 11.4 Å². The molecule has 1 aromatic heterocycles. The average molecular weight is 607 g/mol. The number of carbonyl (C=O) groups excluding carboxylic acids is 1. The van der Waals surface area contributed by atoms with Crippen molar-refractivity contribution in [1.29, 1.82) is 0 Å². The molecule has 0 aliphatic carbocycles. The number of aromatic nitrogens is 1.